The molecule has 1 amide bonds. The number of benzene rings is 2. The Morgan fingerprint density at radius 1 is 1.25 bits per heavy atom. The molecule has 0 saturated carbocycles. The van der Waals surface area contributed by atoms with Crippen LogP contribution in [0.15, 0.2) is 53.5 Å². The van der Waals surface area contributed by atoms with E-state index in [-0.39, 0.29) is 11.0 Å². The molecule has 0 radical (unpaired) electrons. The summed E-state index contributed by atoms with van der Waals surface area (Å²) in [5, 5.41) is 12.2. The first kappa shape index (κ1) is 15.5. The highest BCUT2D eigenvalue weighted by atomic mass is 16.2. The molecule has 5 nitrogen and oxygen atoms in total. The summed E-state index contributed by atoms with van der Waals surface area (Å²) in [4.78, 5) is 28.0. The maximum atomic E-state index is 12.5. The molecule has 118 valence electrons. The van der Waals surface area contributed by atoms with Gasteiger partial charge in [0.25, 0.3) is 5.91 Å². The highest BCUT2D eigenvalue weighted by molar-refractivity contribution is 6.06. The number of nitrogens with zero attached hydrogens (tertiary/aromatic N) is 1. The van der Waals surface area contributed by atoms with Gasteiger partial charge in [0.2, 0.25) is 5.43 Å². The number of anilines is 1. The number of carbonyl (C=O) groups is 1. The molecular weight excluding hydrogens is 302 g/mol. The van der Waals surface area contributed by atoms with Crippen molar-refractivity contribution in [3.05, 3.63) is 75.6 Å². The zero-order valence-corrected chi connectivity index (χ0v) is 13.1. The predicted molar refractivity (Wildman–Crippen MR) is 93.1 cm³/mol. The molecule has 0 aliphatic heterocycles. The van der Waals surface area contributed by atoms with E-state index in [2.05, 4.69) is 16.4 Å². The van der Waals surface area contributed by atoms with Gasteiger partial charge in [0, 0.05) is 22.8 Å². The van der Waals surface area contributed by atoms with Gasteiger partial charge in [-0.1, -0.05) is 19.1 Å². The van der Waals surface area contributed by atoms with Crippen molar-refractivity contribution in [3.63, 3.8) is 0 Å². The van der Waals surface area contributed by atoms with Crippen molar-refractivity contribution in [2.75, 3.05) is 5.32 Å². The van der Waals surface area contributed by atoms with Crippen LogP contribution >= 0.6 is 0 Å². The lowest BCUT2D eigenvalue weighted by Crippen LogP contribution is -2.22. The zero-order chi connectivity index (χ0) is 17.1. The first-order chi connectivity index (χ1) is 11.6. The fourth-order valence-electron chi connectivity index (χ4n) is 2.60. The number of amides is 1. The lowest BCUT2D eigenvalue weighted by Gasteiger charge is -2.10. The molecule has 3 aromatic rings. The van der Waals surface area contributed by atoms with Gasteiger partial charge in [0.05, 0.1) is 11.6 Å². The minimum atomic E-state index is -0.471. The maximum Gasteiger partial charge on any atom is 0.261 e. The van der Waals surface area contributed by atoms with Crippen LogP contribution in [0.1, 0.15) is 28.4 Å². The molecule has 0 bridgehead atoms. The van der Waals surface area contributed by atoms with Gasteiger partial charge in [-0.3, -0.25) is 9.59 Å². The summed E-state index contributed by atoms with van der Waals surface area (Å²) in [6, 6.07) is 14.2. The van der Waals surface area contributed by atoms with Crippen LogP contribution in [0.4, 0.5) is 5.69 Å². The van der Waals surface area contributed by atoms with Crippen LogP contribution < -0.4 is 10.7 Å². The van der Waals surface area contributed by atoms with Gasteiger partial charge in [-0.05, 0) is 42.3 Å². The summed E-state index contributed by atoms with van der Waals surface area (Å²) in [5.74, 6) is -0.471. The fourth-order valence-corrected chi connectivity index (χ4v) is 2.60. The smallest absolute Gasteiger partial charge is 0.261 e. The SMILES string of the molecule is CCc1cc(C#N)ccc1NC(=O)c1c[nH]c2ccccc2c1=O. The molecule has 0 saturated heterocycles. The number of aromatic amines is 1. The highest BCUT2D eigenvalue weighted by Crippen LogP contribution is 2.19. The molecule has 2 aromatic carbocycles. The van der Waals surface area contributed by atoms with Gasteiger partial charge in [-0.25, -0.2) is 0 Å². The summed E-state index contributed by atoms with van der Waals surface area (Å²) in [7, 11) is 0. The Bertz CT molecular complexity index is 1030. The average Bonchev–Trinajstić information content (AvgIpc) is 2.62. The van der Waals surface area contributed by atoms with Crippen molar-refractivity contribution >= 4 is 22.5 Å². The number of para-hydroxylation sites is 1. The van der Waals surface area contributed by atoms with E-state index in [1.165, 1.54) is 6.20 Å². The van der Waals surface area contributed by atoms with Gasteiger partial charge in [0.15, 0.2) is 0 Å². The van der Waals surface area contributed by atoms with Crippen LogP contribution in [0.5, 0.6) is 0 Å². The van der Waals surface area contributed by atoms with Crippen molar-refractivity contribution < 1.29 is 4.79 Å². The molecule has 1 heterocycles. The van der Waals surface area contributed by atoms with Gasteiger partial charge in [-0.2, -0.15) is 5.26 Å². The Hall–Kier alpha value is -3.39. The van der Waals surface area contributed by atoms with Crippen molar-refractivity contribution in [3.8, 4) is 6.07 Å². The molecule has 24 heavy (non-hydrogen) atoms. The minimum absolute atomic E-state index is 0.0557. The van der Waals surface area contributed by atoms with E-state index in [1.807, 2.05) is 13.0 Å². The summed E-state index contributed by atoms with van der Waals surface area (Å²) < 4.78 is 0. The molecule has 5 heteroatoms. The van der Waals surface area contributed by atoms with E-state index in [1.54, 1.807) is 36.4 Å². The van der Waals surface area contributed by atoms with Crippen molar-refractivity contribution in [1.29, 1.82) is 5.26 Å². The lowest BCUT2D eigenvalue weighted by atomic mass is 10.1. The largest absolute Gasteiger partial charge is 0.360 e. The lowest BCUT2D eigenvalue weighted by molar-refractivity contribution is 0.102. The second-order valence-electron chi connectivity index (χ2n) is 5.37. The third-order valence-corrected chi connectivity index (χ3v) is 3.90. The van der Waals surface area contributed by atoms with Gasteiger partial charge in [0.1, 0.15) is 5.56 Å². The predicted octanol–water partition coefficient (Wildman–Crippen LogP) is 3.21. The number of rotatable bonds is 3. The van der Waals surface area contributed by atoms with E-state index in [4.69, 9.17) is 5.26 Å². The van der Waals surface area contributed by atoms with E-state index in [0.29, 0.717) is 28.6 Å². The van der Waals surface area contributed by atoms with E-state index < -0.39 is 5.91 Å². The molecule has 0 spiro atoms. The second kappa shape index (κ2) is 6.39. The van der Waals surface area contributed by atoms with Gasteiger partial charge < -0.3 is 10.3 Å². The molecule has 0 aliphatic rings. The summed E-state index contributed by atoms with van der Waals surface area (Å²) in [6.07, 6.45) is 2.09. The monoisotopic (exact) mass is 317 g/mol. The Morgan fingerprint density at radius 2 is 2.04 bits per heavy atom. The van der Waals surface area contributed by atoms with Crippen LogP contribution in [-0.2, 0) is 6.42 Å². The summed E-state index contributed by atoms with van der Waals surface area (Å²) in [5.41, 5.74) is 2.42. The van der Waals surface area contributed by atoms with Crippen LogP contribution in [-0.4, -0.2) is 10.9 Å². The molecule has 0 atom stereocenters. The van der Waals surface area contributed by atoms with Crippen LogP contribution in [0.25, 0.3) is 10.9 Å². The number of H-pyrrole nitrogens is 1. The number of carbonyl (C=O) groups excluding carboxylic acids is 1. The van der Waals surface area contributed by atoms with Crippen molar-refractivity contribution in [1.82, 2.24) is 4.98 Å². The normalized spacial score (nSPS) is 10.3. The number of pyridine rings is 1. The third kappa shape index (κ3) is 2.77. The molecule has 3 rings (SSSR count). The first-order valence-electron chi connectivity index (χ1n) is 7.59. The first-order valence-corrected chi connectivity index (χ1v) is 7.59. The number of fused-ring (bicyclic) bond motifs is 1. The number of nitrogens with one attached hydrogen (secondary N) is 2. The molecule has 0 aliphatic carbocycles. The Morgan fingerprint density at radius 3 is 2.79 bits per heavy atom. The number of aromatic nitrogens is 1. The maximum absolute atomic E-state index is 12.5. The second-order valence-corrected chi connectivity index (χ2v) is 5.37. The molecular formula is C19H15N3O2. The van der Waals surface area contributed by atoms with Gasteiger partial charge in [-0.15, -0.1) is 0 Å². The number of hydrogen-bond acceptors (Lipinski definition) is 3. The molecule has 2 N–H and O–H groups in total. The van der Waals surface area contributed by atoms with Crippen molar-refractivity contribution in [2.24, 2.45) is 0 Å². The standard InChI is InChI=1S/C19H15N3O2/c1-2-13-9-12(10-20)7-8-16(13)22-19(24)15-11-21-17-6-4-3-5-14(17)18(15)23/h3-9,11H,2H2,1H3,(H,21,23)(H,22,24). The number of nitriles is 1. The summed E-state index contributed by atoms with van der Waals surface area (Å²) in [6.45, 7) is 1.94. The highest BCUT2D eigenvalue weighted by Gasteiger charge is 2.14. The van der Waals surface area contributed by atoms with Crippen LogP contribution in [0.2, 0.25) is 0 Å². The van der Waals surface area contributed by atoms with Crippen LogP contribution in [0.3, 0.4) is 0 Å². The van der Waals surface area contributed by atoms with Crippen molar-refractivity contribution in [2.45, 2.75) is 13.3 Å². The molecule has 0 unspecified atom stereocenters. The Kier molecular flexibility index (Phi) is 4.13. The number of aryl methyl sites for hydroxylation is 1. The topological polar surface area (TPSA) is 85.8 Å². The van der Waals surface area contributed by atoms with E-state index in [9.17, 15) is 9.59 Å². The van der Waals surface area contributed by atoms with E-state index >= 15 is 0 Å². The Labute approximate surface area is 138 Å². The quantitative estimate of drug-likeness (QED) is 0.777. The molecule has 0 fully saturated rings. The van der Waals surface area contributed by atoms with Crippen LogP contribution in [0, 0.1) is 11.3 Å². The summed E-state index contributed by atoms with van der Waals surface area (Å²) >= 11 is 0. The zero-order valence-electron chi connectivity index (χ0n) is 13.1. The third-order valence-electron chi connectivity index (χ3n) is 3.90. The Balaban J connectivity index is 1.98. The average molecular weight is 317 g/mol. The van der Waals surface area contributed by atoms with E-state index in [0.717, 1.165) is 5.56 Å². The minimum Gasteiger partial charge on any atom is -0.360 e. The fraction of sp³-hybridized carbons (Fsp3) is 0.105. The number of hydrogen-bond donors (Lipinski definition) is 2. The van der Waals surface area contributed by atoms with Gasteiger partial charge >= 0.3 is 0 Å². The molecule has 1 aromatic heterocycles.